The summed E-state index contributed by atoms with van der Waals surface area (Å²) in [6, 6.07) is 2.94. The summed E-state index contributed by atoms with van der Waals surface area (Å²) in [6.07, 6.45) is 0. The molecule has 0 bridgehead atoms. The zero-order valence-corrected chi connectivity index (χ0v) is 15.0. The second kappa shape index (κ2) is 7.43. The minimum Gasteiger partial charge on any atom is -0.320 e. The van der Waals surface area contributed by atoms with Crippen molar-refractivity contribution in [2.24, 2.45) is 0 Å². The number of amides is 1. The molecule has 2 aromatic rings. The Morgan fingerprint density at radius 2 is 2.08 bits per heavy atom. The average molecular weight is 348 g/mol. The number of hydrogen-bond donors (Lipinski definition) is 1. The van der Waals surface area contributed by atoms with Crippen molar-refractivity contribution < 1.29 is 9.18 Å². The topological polar surface area (TPSA) is 48.5 Å². The molecular weight excluding hydrogens is 326 g/mol. The predicted molar refractivity (Wildman–Crippen MR) is 95.6 cm³/mol. The third-order valence-corrected chi connectivity index (χ3v) is 5.17. The lowest BCUT2D eigenvalue weighted by atomic mass is 10.0. The Labute approximate surface area is 143 Å². The number of carbonyl (C=O) groups is 1. The molecule has 2 heterocycles. The van der Waals surface area contributed by atoms with Crippen molar-refractivity contribution in [2.45, 2.75) is 13.5 Å². The van der Waals surface area contributed by atoms with Gasteiger partial charge in [0.15, 0.2) is 0 Å². The van der Waals surface area contributed by atoms with Crippen LogP contribution in [-0.2, 0) is 6.54 Å². The third-order valence-electron chi connectivity index (χ3n) is 4.45. The van der Waals surface area contributed by atoms with Gasteiger partial charge in [0.2, 0.25) is 0 Å². The van der Waals surface area contributed by atoms with Gasteiger partial charge in [0.05, 0.1) is 0 Å². The van der Waals surface area contributed by atoms with Crippen LogP contribution in [0.1, 0.15) is 21.6 Å². The number of benzene rings is 1. The quantitative estimate of drug-likeness (QED) is 0.923. The SMILES string of the molecule is Cc1c(CN2CCN(C)CC2)cc(F)cc1NC(=O)c1c[pH]cn1. The molecule has 0 saturated carbocycles. The maximum absolute atomic E-state index is 14.0. The smallest absolute Gasteiger partial charge is 0.274 e. The van der Waals surface area contributed by atoms with Crippen LogP contribution < -0.4 is 5.32 Å². The van der Waals surface area contributed by atoms with Gasteiger partial charge in [-0.2, -0.15) is 0 Å². The molecule has 1 saturated heterocycles. The molecule has 1 aromatic heterocycles. The highest BCUT2D eigenvalue weighted by atomic mass is 31.0. The van der Waals surface area contributed by atoms with Gasteiger partial charge in [-0.1, -0.05) is 0 Å². The Morgan fingerprint density at radius 1 is 1.33 bits per heavy atom. The Bertz CT molecular complexity index is 712. The molecular formula is C17H22FN4OP. The van der Waals surface area contributed by atoms with Crippen LogP contribution in [0.2, 0.25) is 0 Å². The number of anilines is 1. The number of nitrogens with zero attached hydrogens (tertiary/aromatic N) is 3. The first-order valence-electron chi connectivity index (χ1n) is 8.03. The van der Waals surface area contributed by atoms with E-state index >= 15 is 0 Å². The van der Waals surface area contributed by atoms with Gasteiger partial charge in [-0.3, -0.25) is 9.69 Å². The monoisotopic (exact) mass is 348 g/mol. The average Bonchev–Trinajstić information content (AvgIpc) is 3.08. The van der Waals surface area contributed by atoms with Gasteiger partial charge < -0.3 is 10.2 Å². The van der Waals surface area contributed by atoms with E-state index in [2.05, 4.69) is 27.1 Å². The number of aromatic nitrogens is 1. The predicted octanol–water partition coefficient (Wildman–Crippen LogP) is 2.56. The van der Waals surface area contributed by atoms with E-state index in [0.717, 1.165) is 37.3 Å². The normalized spacial score (nSPS) is 16.6. The van der Waals surface area contributed by atoms with Crippen LogP contribution >= 0.6 is 8.19 Å². The number of halogens is 1. The molecule has 1 fully saturated rings. The molecule has 24 heavy (non-hydrogen) atoms. The van der Waals surface area contributed by atoms with E-state index < -0.39 is 0 Å². The van der Waals surface area contributed by atoms with Crippen LogP contribution in [0.5, 0.6) is 0 Å². The fourth-order valence-corrected chi connectivity index (χ4v) is 3.50. The molecule has 1 atom stereocenters. The summed E-state index contributed by atoms with van der Waals surface area (Å²) < 4.78 is 14.0. The molecule has 7 heteroatoms. The number of piperazine rings is 1. The largest absolute Gasteiger partial charge is 0.320 e. The van der Waals surface area contributed by atoms with Crippen molar-refractivity contribution in [3.8, 4) is 0 Å². The molecule has 0 spiro atoms. The summed E-state index contributed by atoms with van der Waals surface area (Å²) in [5.41, 5.74) is 2.75. The summed E-state index contributed by atoms with van der Waals surface area (Å²) in [4.78, 5) is 20.8. The van der Waals surface area contributed by atoms with Gasteiger partial charge in [0, 0.05) is 44.3 Å². The van der Waals surface area contributed by atoms with Crippen molar-refractivity contribution in [1.82, 2.24) is 14.8 Å². The number of hydrogen-bond acceptors (Lipinski definition) is 4. The highest BCUT2D eigenvalue weighted by Gasteiger charge is 2.17. The van der Waals surface area contributed by atoms with Crippen molar-refractivity contribution in [3.63, 3.8) is 0 Å². The molecule has 3 rings (SSSR count). The van der Waals surface area contributed by atoms with Gasteiger partial charge in [-0.15, -0.1) is 8.19 Å². The highest BCUT2D eigenvalue weighted by molar-refractivity contribution is 7.28. The van der Waals surface area contributed by atoms with Crippen LogP contribution in [0.3, 0.4) is 0 Å². The summed E-state index contributed by atoms with van der Waals surface area (Å²) >= 11 is 0. The molecule has 1 aromatic carbocycles. The fourth-order valence-electron chi connectivity index (χ4n) is 2.85. The van der Waals surface area contributed by atoms with Crippen LogP contribution in [0.15, 0.2) is 23.9 Å². The van der Waals surface area contributed by atoms with Gasteiger partial charge in [-0.05, 0) is 43.0 Å². The van der Waals surface area contributed by atoms with E-state index in [1.54, 1.807) is 17.8 Å². The Kier molecular flexibility index (Phi) is 5.29. The van der Waals surface area contributed by atoms with E-state index in [4.69, 9.17) is 0 Å². The summed E-state index contributed by atoms with van der Waals surface area (Å²) in [7, 11) is 2.55. The molecule has 1 aliphatic heterocycles. The maximum atomic E-state index is 14.0. The number of rotatable bonds is 4. The lowest BCUT2D eigenvalue weighted by Gasteiger charge is -2.32. The van der Waals surface area contributed by atoms with Crippen LogP contribution in [0.4, 0.5) is 10.1 Å². The highest BCUT2D eigenvalue weighted by Crippen LogP contribution is 2.24. The molecule has 1 unspecified atom stereocenters. The van der Waals surface area contributed by atoms with Gasteiger partial charge in [-0.25, -0.2) is 9.37 Å². The first-order valence-corrected chi connectivity index (χ1v) is 9.18. The van der Waals surface area contributed by atoms with E-state index in [9.17, 15) is 9.18 Å². The first-order chi connectivity index (χ1) is 11.5. The molecule has 1 N–H and O–H groups in total. The minimum atomic E-state index is -0.328. The lowest BCUT2D eigenvalue weighted by Crippen LogP contribution is -2.44. The van der Waals surface area contributed by atoms with Crippen LogP contribution in [0, 0.1) is 12.7 Å². The second-order valence-electron chi connectivity index (χ2n) is 6.23. The van der Waals surface area contributed by atoms with E-state index in [0.29, 0.717) is 26.1 Å². The molecule has 5 nitrogen and oxygen atoms in total. The summed E-state index contributed by atoms with van der Waals surface area (Å²) in [5, 5.41) is 2.79. The van der Waals surface area contributed by atoms with E-state index in [1.165, 1.54) is 6.07 Å². The van der Waals surface area contributed by atoms with E-state index in [-0.39, 0.29) is 11.7 Å². The zero-order valence-electron chi connectivity index (χ0n) is 14.0. The van der Waals surface area contributed by atoms with Gasteiger partial charge >= 0.3 is 0 Å². The molecule has 0 aliphatic carbocycles. The first kappa shape index (κ1) is 17.1. The molecule has 1 aliphatic rings. The molecule has 128 valence electrons. The van der Waals surface area contributed by atoms with Gasteiger partial charge in [0.1, 0.15) is 11.5 Å². The molecule has 0 radical (unpaired) electrons. The van der Waals surface area contributed by atoms with Gasteiger partial charge in [0.25, 0.3) is 5.91 Å². The summed E-state index contributed by atoms with van der Waals surface area (Å²) in [5.74, 6) is 2.89. The third kappa shape index (κ3) is 4.01. The van der Waals surface area contributed by atoms with Crippen molar-refractivity contribution >= 4 is 19.8 Å². The maximum Gasteiger partial charge on any atom is 0.274 e. The Balaban J connectivity index is 1.76. The fraction of sp³-hybridized carbons (Fsp3) is 0.412. The van der Waals surface area contributed by atoms with Crippen molar-refractivity contribution in [3.05, 3.63) is 46.5 Å². The minimum absolute atomic E-state index is 0.282. The van der Waals surface area contributed by atoms with E-state index in [1.807, 2.05) is 6.92 Å². The Morgan fingerprint density at radius 3 is 2.75 bits per heavy atom. The standard InChI is InChI=1S/C17H22FN4OP/c1-12-13(9-22-5-3-21(2)4-6-22)7-14(18)8-15(12)20-17(23)16-10-24-11-19-16/h7-8,10-11,24H,3-6,9H2,1-2H3,(H,20,23). The Hall–Kier alpha value is -1.75. The molecule has 1 amide bonds. The van der Waals surface area contributed by atoms with Crippen molar-refractivity contribution in [1.29, 1.82) is 0 Å². The number of carbonyl (C=O) groups excluding carboxylic acids is 1. The van der Waals surface area contributed by atoms with Crippen LogP contribution in [-0.4, -0.2) is 53.9 Å². The number of likely N-dealkylation sites (N-methyl/N-ethyl adjacent to an activating group) is 1. The zero-order chi connectivity index (χ0) is 17.1. The number of nitrogens with one attached hydrogen (secondary N) is 1. The second-order valence-corrected chi connectivity index (χ2v) is 7.11. The summed E-state index contributed by atoms with van der Waals surface area (Å²) in [6.45, 7) is 6.60. The van der Waals surface area contributed by atoms with Crippen molar-refractivity contribution in [2.75, 3.05) is 38.5 Å². The van der Waals surface area contributed by atoms with Crippen LogP contribution in [0.25, 0.3) is 0 Å². The lowest BCUT2D eigenvalue weighted by molar-refractivity contribution is 0.102.